The first kappa shape index (κ1) is 17.1. The molecular weight excluding hydrogens is 316 g/mol. The summed E-state index contributed by atoms with van der Waals surface area (Å²) in [5.41, 5.74) is 1.09. The second-order valence-electron chi connectivity index (χ2n) is 8.23. The molecule has 2 saturated heterocycles. The van der Waals surface area contributed by atoms with Crippen molar-refractivity contribution in [3.05, 3.63) is 23.7 Å². The Kier molecular flexibility index (Phi) is 4.63. The van der Waals surface area contributed by atoms with Crippen molar-refractivity contribution in [1.82, 2.24) is 9.80 Å². The van der Waals surface area contributed by atoms with Crippen LogP contribution in [0.2, 0.25) is 0 Å². The number of piperidine rings is 1. The van der Waals surface area contributed by atoms with E-state index in [-0.39, 0.29) is 11.4 Å². The van der Waals surface area contributed by atoms with Crippen molar-refractivity contribution in [3.63, 3.8) is 0 Å². The van der Waals surface area contributed by atoms with Gasteiger partial charge in [0.15, 0.2) is 5.76 Å². The molecule has 0 N–H and O–H groups in total. The zero-order valence-electron chi connectivity index (χ0n) is 15.5. The third kappa shape index (κ3) is 3.36. The van der Waals surface area contributed by atoms with E-state index in [4.69, 9.17) is 9.15 Å². The van der Waals surface area contributed by atoms with E-state index in [1.165, 1.54) is 25.8 Å². The summed E-state index contributed by atoms with van der Waals surface area (Å²) in [7, 11) is 0. The first-order valence-corrected chi connectivity index (χ1v) is 9.77. The smallest absolute Gasteiger partial charge is 0.289 e. The molecule has 25 heavy (non-hydrogen) atoms. The molecule has 2 aliphatic heterocycles. The molecule has 0 aromatic carbocycles. The van der Waals surface area contributed by atoms with Crippen LogP contribution >= 0.6 is 0 Å². The quantitative estimate of drug-likeness (QED) is 0.794. The number of amides is 1. The van der Waals surface area contributed by atoms with E-state index in [0.717, 1.165) is 50.8 Å². The lowest BCUT2D eigenvalue weighted by Crippen LogP contribution is -2.73. The van der Waals surface area contributed by atoms with Crippen molar-refractivity contribution in [2.24, 2.45) is 11.8 Å². The molecule has 1 amide bonds. The first-order valence-electron chi connectivity index (χ1n) is 9.77. The van der Waals surface area contributed by atoms with Crippen LogP contribution in [0, 0.1) is 18.8 Å². The highest BCUT2D eigenvalue weighted by Crippen LogP contribution is 2.42. The minimum atomic E-state index is 0.0476. The normalized spacial score (nSPS) is 26.0. The zero-order valence-corrected chi connectivity index (χ0v) is 15.5. The summed E-state index contributed by atoms with van der Waals surface area (Å²) in [6, 6.07) is 1.86. The maximum absolute atomic E-state index is 12.7. The molecule has 1 saturated carbocycles. The molecular formula is C20H30N2O3. The molecule has 0 unspecified atom stereocenters. The van der Waals surface area contributed by atoms with Gasteiger partial charge in [-0.3, -0.25) is 9.69 Å². The van der Waals surface area contributed by atoms with E-state index in [9.17, 15) is 4.79 Å². The van der Waals surface area contributed by atoms with Gasteiger partial charge in [0.2, 0.25) is 0 Å². The van der Waals surface area contributed by atoms with Crippen LogP contribution in [0.5, 0.6) is 0 Å². The first-order chi connectivity index (χ1) is 12.1. The van der Waals surface area contributed by atoms with Gasteiger partial charge in [-0.1, -0.05) is 0 Å². The Morgan fingerprint density at radius 1 is 1.32 bits per heavy atom. The highest BCUT2D eigenvalue weighted by Gasteiger charge is 2.53. The molecule has 138 valence electrons. The topological polar surface area (TPSA) is 45.9 Å². The third-order valence-corrected chi connectivity index (χ3v) is 6.19. The molecule has 0 radical (unpaired) electrons. The Morgan fingerprint density at radius 2 is 2.12 bits per heavy atom. The second kappa shape index (κ2) is 6.76. The van der Waals surface area contributed by atoms with Crippen LogP contribution in [0.25, 0.3) is 0 Å². The van der Waals surface area contributed by atoms with Gasteiger partial charge < -0.3 is 14.1 Å². The van der Waals surface area contributed by atoms with Crippen LogP contribution in [0.1, 0.15) is 48.7 Å². The van der Waals surface area contributed by atoms with Crippen molar-refractivity contribution in [2.45, 2.75) is 45.1 Å². The summed E-state index contributed by atoms with van der Waals surface area (Å²) in [5.74, 6) is 2.06. The maximum Gasteiger partial charge on any atom is 0.289 e. The van der Waals surface area contributed by atoms with Gasteiger partial charge in [-0.25, -0.2) is 0 Å². The van der Waals surface area contributed by atoms with Crippen molar-refractivity contribution in [2.75, 3.05) is 39.4 Å². The summed E-state index contributed by atoms with van der Waals surface area (Å²) in [6.07, 6.45) is 6.74. The van der Waals surface area contributed by atoms with Gasteiger partial charge in [-0.15, -0.1) is 0 Å². The van der Waals surface area contributed by atoms with Crippen LogP contribution < -0.4 is 0 Å². The van der Waals surface area contributed by atoms with Gasteiger partial charge in [-0.05, 0) is 64.0 Å². The lowest BCUT2D eigenvalue weighted by molar-refractivity contribution is -0.0893. The number of rotatable bonds is 6. The number of nitrogens with zero attached hydrogens (tertiary/aromatic N) is 2. The van der Waals surface area contributed by atoms with Gasteiger partial charge >= 0.3 is 0 Å². The van der Waals surface area contributed by atoms with Crippen LogP contribution in [0.4, 0.5) is 0 Å². The standard InChI is InChI=1S/C20H30N2O3/c1-3-24-12-17-6-8-22(11-16-4-5-16)20(10-17)13-21(14-20)19(23)18-15(2)7-9-25-18/h7,9,16-17H,3-6,8,10-14H2,1-2H3/t17-/m1/s1. The summed E-state index contributed by atoms with van der Waals surface area (Å²) < 4.78 is 11.1. The van der Waals surface area contributed by atoms with Crippen molar-refractivity contribution < 1.29 is 13.9 Å². The molecule has 1 aromatic rings. The molecule has 0 bridgehead atoms. The predicted octanol–water partition coefficient (Wildman–Crippen LogP) is 2.94. The Morgan fingerprint density at radius 3 is 2.76 bits per heavy atom. The summed E-state index contributed by atoms with van der Waals surface area (Å²) in [4.78, 5) is 17.4. The fourth-order valence-corrected chi connectivity index (χ4v) is 4.54. The number of furan rings is 1. The molecule has 3 aliphatic rings. The number of hydrogen-bond donors (Lipinski definition) is 0. The van der Waals surface area contributed by atoms with E-state index >= 15 is 0 Å². The van der Waals surface area contributed by atoms with E-state index in [1.807, 2.05) is 17.9 Å². The molecule has 4 rings (SSSR count). The molecule has 3 fully saturated rings. The lowest BCUT2D eigenvalue weighted by Gasteiger charge is -2.59. The number of carbonyl (C=O) groups is 1. The summed E-state index contributed by atoms with van der Waals surface area (Å²) in [6.45, 7) is 9.68. The van der Waals surface area contributed by atoms with Gasteiger partial charge in [0.25, 0.3) is 5.91 Å². The fourth-order valence-electron chi connectivity index (χ4n) is 4.54. The summed E-state index contributed by atoms with van der Waals surface area (Å²) in [5, 5.41) is 0. The van der Waals surface area contributed by atoms with Gasteiger partial charge in [0.1, 0.15) is 0 Å². The Balaban J connectivity index is 1.43. The molecule has 1 aliphatic carbocycles. The van der Waals surface area contributed by atoms with Crippen LogP contribution in [0.3, 0.4) is 0 Å². The lowest BCUT2D eigenvalue weighted by atomic mass is 9.74. The molecule has 1 spiro atoms. The van der Waals surface area contributed by atoms with Crippen molar-refractivity contribution in [1.29, 1.82) is 0 Å². The Labute approximate surface area is 150 Å². The Hall–Kier alpha value is -1.33. The number of carbonyl (C=O) groups excluding carboxylic acids is 1. The van der Waals surface area contributed by atoms with E-state index in [1.54, 1.807) is 6.26 Å². The average molecular weight is 346 g/mol. The van der Waals surface area contributed by atoms with E-state index < -0.39 is 0 Å². The highest BCUT2D eigenvalue weighted by molar-refractivity contribution is 5.93. The molecule has 5 heteroatoms. The predicted molar refractivity (Wildman–Crippen MR) is 95.6 cm³/mol. The molecule has 1 aromatic heterocycles. The molecule has 1 atom stereocenters. The third-order valence-electron chi connectivity index (χ3n) is 6.19. The average Bonchev–Trinajstić information content (AvgIpc) is 3.29. The minimum Gasteiger partial charge on any atom is -0.459 e. The molecule has 5 nitrogen and oxygen atoms in total. The van der Waals surface area contributed by atoms with Crippen LogP contribution in [-0.2, 0) is 4.74 Å². The molecule has 3 heterocycles. The minimum absolute atomic E-state index is 0.0476. The van der Waals surface area contributed by atoms with Crippen LogP contribution in [-0.4, -0.2) is 60.6 Å². The number of ether oxygens (including phenoxy) is 1. The number of hydrogen-bond acceptors (Lipinski definition) is 4. The highest BCUT2D eigenvalue weighted by atomic mass is 16.5. The van der Waals surface area contributed by atoms with Crippen molar-refractivity contribution in [3.8, 4) is 0 Å². The van der Waals surface area contributed by atoms with Gasteiger partial charge in [0.05, 0.1) is 11.8 Å². The van der Waals surface area contributed by atoms with E-state index in [2.05, 4.69) is 11.8 Å². The van der Waals surface area contributed by atoms with Crippen LogP contribution in [0.15, 0.2) is 16.7 Å². The van der Waals surface area contributed by atoms with Gasteiger partial charge in [0, 0.05) is 38.4 Å². The SMILES string of the molecule is CCOC[C@@H]1CCN(CC2CC2)C2(C1)CN(C(=O)c1occc1C)C2. The second-order valence-corrected chi connectivity index (χ2v) is 8.23. The van der Waals surface area contributed by atoms with Crippen molar-refractivity contribution >= 4 is 5.91 Å². The monoisotopic (exact) mass is 346 g/mol. The number of likely N-dealkylation sites (tertiary alicyclic amines) is 2. The largest absolute Gasteiger partial charge is 0.459 e. The fraction of sp³-hybridized carbons (Fsp3) is 0.750. The maximum atomic E-state index is 12.7. The van der Waals surface area contributed by atoms with Gasteiger partial charge in [-0.2, -0.15) is 0 Å². The summed E-state index contributed by atoms with van der Waals surface area (Å²) >= 11 is 0. The van der Waals surface area contributed by atoms with E-state index in [0.29, 0.717) is 11.7 Å². The zero-order chi connectivity index (χ0) is 17.4. The Bertz CT molecular complexity index is 616. The number of aryl methyl sites for hydroxylation is 1.